The van der Waals surface area contributed by atoms with Crippen LogP contribution in [0.1, 0.15) is 32.6 Å². The molecule has 0 spiro atoms. The number of hydrogen-bond donors (Lipinski definition) is 1. The molecule has 1 unspecified atom stereocenters. The summed E-state index contributed by atoms with van der Waals surface area (Å²) in [6.07, 6.45) is 5.30. The van der Waals surface area contributed by atoms with Gasteiger partial charge in [-0.1, -0.05) is 6.92 Å². The largest absolute Gasteiger partial charge is 0.381 e. The second-order valence-corrected chi connectivity index (χ2v) is 5.62. The molecule has 2 aliphatic heterocycles. The van der Waals surface area contributed by atoms with E-state index < -0.39 is 0 Å². The SMILES string of the molecule is CCN(CC1CCOCC1)CC1CCCNC1. The van der Waals surface area contributed by atoms with Gasteiger partial charge >= 0.3 is 0 Å². The highest BCUT2D eigenvalue weighted by Crippen LogP contribution is 2.18. The van der Waals surface area contributed by atoms with Gasteiger partial charge in [-0.15, -0.1) is 0 Å². The monoisotopic (exact) mass is 240 g/mol. The average molecular weight is 240 g/mol. The molecule has 0 aromatic heterocycles. The fraction of sp³-hybridized carbons (Fsp3) is 1.00. The zero-order valence-corrected chi connectivity index (χ0v) is 11.3. The van der Waals surface area contributed by atoms with Gasteiger partial charge in [-0.3, -0.25) is 0 Å². The standard InChI is InChI=1S/C14H28N2O/c1-2-16(11-13-5-8-17-9-6-13)12-14-4-3-7-15-10-14/h13-15H,2-12H2,1H3. The van der Waals surface area contributed by atoms with Crippen molar-refractivity contribution in [2.24, 2.45) is 11.8 Å². The van der Waals surface area contributed by atoms with Gasteiger partial charge in [0.05, 0.1) is 0 Å². The van der Waals surface area contributed by atoms with Gasteiger partial charge in [-0.2, -0.15) is 0 Å². The lowest BCUT2D eigenvalue weighted by Gasteiger charge is -2.33. The number of rotatable bonds is 5. The van der Waals surface area contributed by atoms with Crippen LogP contribution in [-0.2, 0) is 4.74 Å². The number of piperidine rings is 1. The predicted molar refractivity (Wildman–Crippen MR) is 71.3 cm³/mol. The normalized spacial score (nSPS) is 27.5. The van der Waals surface area contributed by atoms with Crippen LogP contribution >= 0.6 is 0 Å². The van der Waals surface area contributed by atoms with E-state index in [9.17, 15) is 0 Å². The molecule has 2 fully saturated rings. The van der Waals surface area contributed by atoms with E-state index >= 15 is 0 Å². The molecule has 3 nitrogen and oxygen atoms in total. The summed E-state index contributed by atoms with van der Waals surface area (Å²) in [5.41, 5.74) is 0. The summed E-state index contributed by atoms with van der Waals surface area (Å²) >= 11 is 0. The molecule has 0 aliphatic carbocycles. The van der Waals surface area contributed by atoms with Crippen molar-refractivity contribution >= 4 is 0 Å². The molecule has 0 saturated carbocycles. The van der Waals surface area contributed by atoms with Gasteiger partial charge in [0.1, 0.15) is 0 Å². The summed E-state index contributed by atoms with van der Waals surface area (Å²) in [7, 11) is 0. The average Bonchev–Trinajstić information content (AvgIpc) is 2.40. The van der Waals surface area contributed by atoms with E-state index in [0.717, 1.165) is 25.0 Å². The van der Waals surface area contributed by atoms with E-state index in [1.807, 2.05) is 0 Å². The summed E-state index contributed by atoms with van der Waals surface area (Å²) < 4.78 is 5.44. The molecule has 0 radical (unpaired) electrons. The lowest BCUT2D eigenvalue weighted by atomic mass is 9.96. The smallest absolute Gasteiger partial charge is 0.0469 e. The fourth-order valence-electron chi connectivity index (χ4n) is 3.07. The second kappa shape index (κ2) is 7.34. The minimum absolute atomic E-state index is 0.875. The molecule has 0 aromatic carbocycles. The summed E-state index contributed by atoms with van der Waals surface area (Å²) in [5.74, 6) is 1.75. The highest BCUT2D eigenvalue weighted by atomic mass is 16.5. The maximum absolute atomic E-state index is 5.44. The van der Waals surface area contributed by atoms with Gasteiger partial charge in [-0.25, -0.2) is 0 Å². The highest BCUT2D eigenvalue weighted by Gasteiger charge is 2.20. The molecular formula is C14H28N2O. The number of ether oxygens (including phenoxy) is 1. The van der Waals surface area contributed by atoms with Crippen LogP contribution in [-0.4, -0.2) is 50.8 Å². The molecular weight excluding hydrogens is 212 g/mol. The van der Waals surface area contributed by atoms with Crippen molar-refractivity contribution in [3.8, 4) is 0 Å². The van der Waals surface area contributed by atoms with Crippen LogP contribution in [0.25, 0.3) is 0 Å². The number of hydrogen-bond acceptors (Lipinski definition) is 3. The first kappa shape index (κ1) is 13.3. The molecule has 1 N–H and O–H groups in total. The van der Waals surface area contributed by atoms with Gasteiger partial charge in [0, 0.05) is 26.3 Å². The van der Waals surface area contributed by atoms with Crippen LogP contribution in [0, 0.1) is 11.8 Å². The van der Waals surface area contributed by atoms with Crippen molar-refractivity contribution in [2.45, 2.75) is 32.6 Å². The maximum Gasteiger partial charge on any atom is 0.0469 e. The molecule has 17 heavy (non-hydrogen) atoms. The minimum atomic E-state index is 0.875. The quantitative estimate of drug-likeness (QED) is 0.792. The molecule has 1 atom stereocenters. The Labute approximate surface area is 106 Å². The highest BCUT2D eigenvalue weighted by molar-refractivity contribution is 4.75. The zero-order chi connectivity index (χ0) is 11.9. The lowest BCUT2D eigenvalue weighted by Crippen LogP contribution is -2.40. The minimum Gasteiger partial charge on any atom is -0.381 e. The van der Waals surface area contributed by atoms with E-state index in [1.54, 1.807) is 0 Å². The van der Waals surface area contributed by atoms with Crippen LogP contribution in [0.2, 0.25) is 0 Å². The fourth-order valence-corrected chi connectivity index (χ4v) is 3.07. The zero-order valence-electron chi connectivity index (χ0n) is 11.3. The lowest BCUT2D eigenvalue weighted by molar-refractivity contribution is 0.0503. The van der Waals surface area contributed by atoms with Crippen LogP contribution in [0.3, 0.4) is 0 Å². The van der Waals surface area contributed by atoms with Gasteiger partial charge < -0.3 is 15.0 Å². The van der Waals surface area contributed by atoms with E-state index in [2.05, 4.69) is 17.1 Å². The molecule has 2 rings (SSSR count). The van der Waals surface area contributed by atoms with E-state index in [-0.39, 0.29) is 0 Å². The van der Waals surface area contributed by atoms with Gasteiger partial charge in [0.2, 0.25) is 0 Å². The third-order valence-electron chi connectivity index (χ3n) is 4.22. The molecule has 3 heteroatoms. The maximum atomic E-state index is 5.44. The molecule has 2 saturated heterocycles. The Morgan fingerprint density at radius 3 is 2.53 bits per heavy atom. The van der Waals surface area contributed by atoms with Gasteiger partial charge in [-0.05, 0) is 57.2 Å². The van der Waals surface area contributed by atoms with Crippen LogP contribution in [0.5, 0.6) is 0 Å². The Hall–Kier alpha value is -0.120. The summed E-state index contributed by atoms with van der Waals surface area (Å²) in [6, 6.07) is 0. The number of nitrogens with one attached hydrogen (secondary N) is 1. The Morgan fingerprint density at radius 2 is 1.88 bits per heavy atom. The van der Waals surface area contributed by atoms with Crippen molar-refractivity contribution < 1.29 is 4.74 Å². The van der Waals surface area contributed by atoms with Crippen molar-refractivity contribution in [1.29, 1.82) is 0 Å². The third-order valence-corrected chi connectivity index (χ3v) is 4.22. The molecule has 0 aromatic rings. The molecule has 0 bridgehead atoms. The summed E-state index contributed by atoms with van der Waals surface area (Å²) in [4.78, 5) is 2.66. The van der Waals surface area contributed by atoms with Crippen molar-refractivity contribution in [2.75, 3.05) is 45.9 Å². The van der Waals surface area contributed by atoms with Crippen LogP contribution in [0.4, 0.5) is 0 Å². The topological polar surface area (TPSA) is 24.5 Å². The second-order valence-electron chi connectivity index (χ2n) is 5.62. The number of nitrogens with zero attached hydrogens (tertiary/aromatic N) is 1. The van der Waals surface area contributed by atoms with Crippen LogP contribution in [0.15, 0.2) is 0 Å². The molecule has 2 aliphatic rings. The molecule has 2 heterocycles. The summed E-state index contributed by atoms with van der Waals surface area (Å²) in [6.45, 7) is 10.5. The first-order valence-corrected chi connectivity index (χ1v) is 7.39. The van der Waals surface area contributed by atoms with E-state index in [4.69, 9.17) is 4.74 Å². The van der Waals surface area contributed by atoms with E-state index in [0.29, 0.717) is 0 Å². The summed E-state index contributed by atoms with van der Waals surface area (Å²) in [5, 5.41) is 3.52. The Bertz CT molecular complexity index is 178. The van der Waals surface area contributed by atoms with Crippen molar-refractivity contribution in [3.63, 3.8) is 0 Å². The van der Waals surface area contributed by atoms with Crippen LogP contribution < -0.4 is 5.32 Å². The predicted octanol–water partition coefficient (Wildman–Crippen LogP) is 1.73. The molecule has 0 amide bonds. The van der Waals surface area contributed by atoms with Gasteiger partial charge in [0.15, 0.2) is 0 Å². The Kier molecular flexibility index (Phi) is 5.75. The Morgan fingerprint density at radius 1 is 1.12 bits per heavy atom. The van der Waals surface area contributed by atoms with Gasteiger partial charge in [0.25, 0.3) is 0 Å². The van der Waals surface area contributed by atoms with E-state index in [1.165, 1.54) is 58.4 Å². The third kappa shape index (κ3) is 4.57. The first-order valence-electron chi connectivity index (χ1n) is 7.39. The first-order chi connectivity index (χ1) is 8.38. The van der Waals surface area contributed by atoms with Crippen molar-refractivity contribution in [1.82, 2.24) is 10.2 Å². The molecule has 100 valence electrons. The van der Waals surface area contributed by atoms with Crippen molar-refractivity contribution in [3.05, 3.63) is 0 Å². The Balaban J connectivity index is 1.71.